The number of allylic oxidation sites excluding steroid dienone is 2. The molecule has 1 unspecified atom stereocenters. The van der Waals surface area contributed by atoms with Crippen molar-refractivity contribution in [2.45, 2.75) is 117 Å². The van der Waals surface area contributed by atoms with Gasteiger partial charge in [-0.25, -0.2) is 0 Å². The van der Waals surface area contributed by atoms with E-state index in [-0.39, 0.29) is 34.5 Å². The van der Waals surface area contributed by atoms with Crippen molar-refractivity contribution in [2.24, 2.45) is 17.3 Å². The summed E-state index contributed by atoms with van der Waals surface area (Å²) < 4.78 is 18.6. The Hall–Kier alpha value is -1.73. The molecule has 1 aliphatic carbocycles. The van der Waals surface area contributed by atoms with E-state index in [0.29, 0.717) is 13.0 Å². The molecule has 1 aliphatic rings. The first-order chi connectivity index (χ1) is 18.0. The monoisotopic (exact) mass is 558 g/mol. The molecule has 39 heavy (non-hydrogen) atoms. The van der Waals surface area contributed by atoms with Crippen LogP contribution in [0.25, 0.3) is 0 Å². The predicted molar refractivity (Wildman–Crippen MR) is 164 cm³/mol. The summed E-state index contributed by atoms with van der Waals surface area (Å²) in [7, 11) is -0.427. The van der Waals surface area contributed by atoms with E-state index in [1.54, 1.807) is 7.11 Å². The number of hydrogen-bond donors (Lipinski definition) is 1. The molecule has 1 N–H and O–H groups in total. The number of benzene rings is 1. The second kappa shape index (κ2) is 13.3. The molecule has 0 radical (unpaired) electrons. The van der Waals surface area contributed by atoms with Crippen molar-refractivity contribution >= 4 is 14.6 Å². The number of aldehydes is 1. The molecule has 6 heteroatoms. The summed E-state index contributed by atoms with van der Waals surface area (Å²) in [6, 6.07) is 7.97. The van der Waals surface area contributed by atoms with Crippen molar-refractivity contribution in [3.05, 3.63) is 54.1 Å². The van der Waals surface area contributed by atoms with E-state index < -0.39 is 13.9 Å². The van der Waals surface area contributed by atoms with Crippen molar-refractivity contribution in [1.82, 2.24) is 0 Å². The van der Waals surface area contributed by atoms with Gasteiger partial charge in [0, 0.05) is 5.92 Å². The van der Waals surface area contributed by atoms with Crippen LogP contribution in [-0.4, -0.2) is 44.6 Å². The van der Waals surface area contributed by atoms with Crippen LogP contribution < -0.4 is 4.74 Å². The van der Waals surface area contributed by atoms with Crippen molar-refractivity contribution in [3.63, 3.8) is 0 Å². The lowest BCUT2D eigenvalue weighted by Crippen LogP contribution is -2.48. The Morgan fingerprint density at radius 2 is 1.82 bits per heavy atom. The minimum atomic E-state index is -2.09. The molecule has 0 spiro atoms. The summed E-state index contributed by atoms with van der Waals surface area (Å²) in [4.78, 5) is 12.1. The molecule has 5 atom stereocenters. The molecule has 1 fully saturated rings. The molecule has 1 aromatic rings. The minimum absolute atomic E-state index is 0.00712. The maximum absolute atomic E-state index is 12.1. The average molecular weight is 559 g/mol. The van der Waals surface area contributed by atoms with Crippen molar-refractivity contribution < 1.29 is 23.8 Å². The minimum Gasteiger partial charge on any atom is -0.497 e. The van der Waals surface area contributed by atoms with Crippen molar-refractivity contribution in [3.8, 4) is 5.75 Å². The first-order valence-electron chi connectivity index (χ1n) is 14.4. The van der Waals surface area contributed by atoms with E-state index in [4.69, 9.17) is 13.9 Å². The molecule has 1 aromatic carbocycles. The molecule has 0 amide bonds. The Morgan fingerprint density at radius 3 is 2.33 bits per heavy atom. The Labute approximate surface area is 239 Å². The highest BCUT2D eigenvalue weighted by atomic mass is 28.4. The quantitative estimate of drug-likeness (QED) is 0.143. The summed E-state index contributed by atoms with van der Waals surface area (Å²) in [5.74, 6) is 0.560. The first-order valence-corrected chi connectivity index (χ1v) is 17.3. The van der Waals surface area contributed by atoms with Crippen molar-refractivity contribution in [2.75, 3.05) is 7.11 Å². The van der Waals surface area contributed by atoms with Gasteiger partial charge in [0.05, 0.1) is 25.9 Å². The van der Waals surface area contributed by atoms with Crippen LogP contribution >= 0.6 is 0 Å². The van der Waals surface area contributed by atoms with E-state index in [9.17, 15) is 9.90 Å². The van der Waals surface area contributed by atoms with Crippen LogP contribution in [0.15, 0.2) is 48.6 Å². The number of hydrogen-bond acceptors (Lipinski definition) is 5. The summed E-state index contributed by atoms with van der Waals surface area (Å²) in [5.41, 5.74) is 0.753. The number of aliphatic hydroxyl groups is 1. The Balaban J connectivity index is 2.23. The fraction of sp³-hybridized carbons (Fsp3) is 0.667. The lowest BCUT2D eigenvalue weighted by Gasteiger charge is -2.41. The van der Waals surface area contributed by atoms with Crippen LogP contribution in [0.2, 0.25) is 18.1 Å². The average Bonchev–Trinajstić information content (AvgIpc) is 3.07. The topological polar surface area (TPSA) is 65.0 Å². The van der Waals surface area contributed by atoms with E-state index in [2.05, 4.69) is 74.2 Å². The normalized spacial score (nSPS) is 25.4. The molecule has 2 rings (SSSR count). The third-order valence-electron chi connectivity index (χ3n) is 9.00. The number of carbonyl (C=O) groups is 1. The SMILES string of the molecule is C=CCC(C)(C)C(CC/C(C)=C/[C@H]1[C@H](O[Si](C)(C)C(C)(C)C)[C@@H](C)C[C@]1(O)C=O)OCc1ccc(OC)cc1. The summed E-state index contributed by atoms with van der Waals surface area (Å²) >= 11 is 0. The van der Waals surface area contributed by atoms with E-state index >= 15 is 0 Å². The highest BCUT2D eigenvalue weighted by molar-refractivity contribution is 6.74. The number of rotatable bonds is 14. The smallest absolute Gasteiger partial charge is 0.192 e. The molecule has 0 saturated heterocycles. The standard InChI is InChI=1S/C33H54O5Si/c1-12-19-32(7,8)29(37-22-26-14-16-27(36-9)17-15-26)18-13-24(2)20-28-30(25(3)21-33(28,35)23-34)38-39(10,11)31(4,5)6/h12,14-17,20,23,25,28-30,35H,1,13,18-19,21-22H2,2-11H3/b24-20+/t25-,28-,29?,30+,33-/m0/s1. The summed E-state index contributed by atoms with van der Waals surface area (Å²) in [6.07, 6.45) is 7.52. The van der Waals surface area contributed by atoms with Gasteiger partial charge in [-0.15, -0.1) is 6.58 Å². The van der Waals surface area contributed by atoms with Gasteiger partial charge in [-0.1, -0.05) is 71.4 Å². The van der Waals surface area contributed by atoms with Gasteiger partial charge in [-0.05, 0) is 79.8 Å². The van der Waals surface area contributed by atoms with Crippen LogP contribution in [0.4, 0.5) is 0 Å². The molecule has 0 heterocycles. The highest BCUT2D eigenvalue weighted by Crippen LogP contribution is 2.47. The van der Waals surface area contributed by atoms with Crippen LogP contribution in [0.1, 0.15) is 79.7 Å². The van der Waals surface area contributed by atoms with Gasteiger partial charge < -0.3 is 23.8 Å². The lowest BCUT2D eigenvalue weighted by atomic mass is 9.80. The van der Waals surface area contributed by atoms with Gasteiger partial charge >= 0.3 is 0 Å². The second-order valence-electron chi connectivity index (χ2n) is 13.8. The van der Waals surface area contributed by atoms with E-state index in [0.717, 1.165) is 42.4 Å². The van der Waals surface area contributed by atoms with Gasteiger partial charge in [0.2, 0.25) is 0 Å². The maximum Gasteiger partial charge on any atom is 0.192 e. The van der Waals surface area contributed by atoms with Gasteiger partial charge in [0.1, 0.15) is 11.4 Å². The fourth-order valence-electron chi connectivity index (χ4n) is 5.35. The van der Waals surface area contributed by atoms with Gasteiger partial charge in [0.25, 0.3) is 0 Å². The number of methoxy groups -OCH3 is 1. The fourth-order valence-corrected chi connectivity index (χ4v) is 6.76. The van der Waals surface area contributed by atoms with Crippen molar-refractivity contribution in [1.29, 1.82) is 0 Å². The van der Waals surface area contributed by atoms with E-state index in [1.165, 1.54) is 0 Å². The van der Waals surface area contributed by atoms with Gasteiger partial charge in [0.15, 0.2) is 14.6 Å². The molecule has 1 saturated carbocycles. The molecule has 0 aromatic heterocycles. The van der Waals surface area contributed by atoms with E-state index in [1.807, 2.05) is 30.3 Å². The van der Waals surface area contributed by atoms with Gasteiger partial charge in [-0.3, -0.25) is 0 Å². The molecule has 0 aliphatic heterocycles. The molecule has 220 valence electrons. The highest BCUT2D eigenvalue weighted by Gasteiger charge is 2.53. The zero-order valence-corrected chi connectivity index (χ0v) is 27.2. The van der Waals surface area contributed by atoms with Crippen LogP contribution in [0.3, 0.4) is 0 Å². The maximum atomic E-state index is 12.1. The summed E-state index contributed by atoms with van der Waals surface area (Å²) in [5, 5.41) is 11.4. The number of carbonyl (C=O) groups excluding carboxylic acids is 1. The zero-order valence-electron chi connectivity index (χ0n) is 26.2. The summed E-state index contributed by atoms with van der Waals surface area (Å²) in [6.45, 7) is 24.2. The largest absolute Gasteiger partial charge is 0.497 e. The molecule has 0 bridgehead atoms. The first kappa shape index (κ1) is 33.5. The number of ether oxygens (including phenoxy) is 2. The van der Waals surface area contributed by atoms with Crippen LogP contribution in [0, 0.1) is 17.3 Å². The third kappa shape index (κ3) is 8.62. The Bertz CT molecular complexity index is 975. The van der Waals surface area contributed by atoms with Crippen LogP contribution in [-0.2, 0) is 20.6 Å². The molecular formula is C33H54O5Si. The lowest BCUT2D eigenvalue weighted by molar-refractivity contribution is -0.127. The Kier molecular flexibility index (Phi) is 11.4. The molecular weight excluding hydrogens is 504 g/mol. The third-order valence-corrected chi connectivity index (χ3v) is 13.5. The Morgan fingerprint density at radius 1 is 1.21 bits per heavy atom. The predicted octanol–water partition coefficient (Wildman–Crippen LogP) is 7.89. The zero-order chi connectivity index (χ0) is 29.6. The second-order valence-corrected chi connectivity index (χ2v) is 18.6. The van der Waals surface area contributed by atoms with Gasteiger partial charge in [-0.2, -0.15) is 0 Å². The van der Waals surface area contributed by atoms with Crippen LogP contribution in [0.5, 0.6) is 5.75 Å². The molecule has 5 nitrogen and oxygen atoms in total.